The molecule has 0 N–H and O–H groups in total. The zero-order valence-electron chi connectivity index (χ0n) is 21.2. The van der Waals surface area contributed by atoms with Crippen LogP contribution >= 0.6 is 11.3 Å². The number of pyridine rings is 1. The summed E-state index contributed by atoms with van der Waals surface area (Å²) in [4.78, 5) is 41.7. The third kappa shape index (κ3) is 5.20. The number of hydrogen-bond donors (Lipinski definition) is 0. The van der Waals surface area contributed by atoms with E-state index in [2.05, 4.69) is 28.1 Å². The first-order valence-electron chi connectivity index (χ1n) is 13.4. The fourth-order valence-corrected chi connectivity index (χ4v) is 6.36. The van der Waals surface area contributed by atoms with Gasteiger partial charge in [0.25, 0.3) is 5.91 Å². The second kappa shape index (κ2) is 10.8. The second-order valence-corrected chi connectivity index (χ2v) is 11.1. The predicted octanol–water partition coefficient (Wildman–Crippen LogP) is 3.67. The molecule has 2 fully saturated rings. The number of carbonyl (C=O) groups excluding carboxylic acids is 2. The van der Waals surface area contributed by atoms with Gasteiger partial charge >= 0.3 is 0 Å². The highest BCUT2D eigenvalue weighted by Crippen LogP contribution is 2.31. The quantitative estimate of drug-likeness (QED) is 0.452. The molecule has 2 saturated heterocycles. The number of fused-ring (bicyclic) bond motifs is 2. The van der Waals surface area contributed by atoms with Crippen molar-refractivity contribution in [3.8, 4) is 0 Å². The number of thiazole rings is 1. The molecule has 3 aromatic rings. The third-order valence-electron chi connectivity index (χ3n) is 7.71. The van der Waals surface area contributed by atoms with Gasteiger partial charge in [0.05, 0.1) is 30.4 Å². The Balaban J connectivity index is 1.32. The van der Waals surface area contributed by atoms with Crippen LogP contribution in [-0.4, -0.2) is 77.5 Å². The zero-order valence-corrected chi connectivity index (χ0v) is 22.0. The summed E-state index contributed by atoms with van der Waals surface area (Å²) in [5.41, 5.74) is 6.62. The first-order chi connectivity index (χ1) is 18.2. The summed E-state index contributed by atoms with van der Waals surface area (Å²) in [7, 11) is 0. The number of aromatic nitrogens is 2. The van der Waals surface area contributed by atoms with E-state index >= 15 is 0 Å². The standard InChI is InChI=1S/C28H33N5O3S/c34-26-6-2-7-31(26)8-3-9-33(28(35)25-17-29-19-37-25)18-23-15-22-14-20-4-1-5-21(20)16-24(22)30-27(23)32-10-12-36-13-11-32/h14-17,19H,1-13,18H2. The molecule has 0 atom stereocenters. The normalized spacial score (nSPS) is 17.6. The van der Waals surface area contributed by atoms with Gasteiger partial charge in [0.15, 0.2) is 0 Å². The number of carbonyl (C=O) groups is 2. The molecule has 0 radical (unpaired) electrons. The van der Waals surface area contributed by atoms with E-state index in [9.17, 15) is 9.59 Å². The highest BCUT2D eigenvalue weighted by Gasteiger charge is 2.25. The molecule has 2 aromatic heterocycles. The maximum Gasteiger partial charge on any atom is 0.265 e. The molecule has 1 aliphatic carbocycles. The van der Waals surface area contributed by atoms with E-state index in [-0.39, 0.29) is 11.8 Å². The highest BCUT2D eigenvalue weighted by molar-refractivity contribution is 7.11. The lowest BCUT2D eigenvalue weighted by Crippen LogP contribution is -2.39. The Morgan fingerprint density at radius 2 is 1.89 bits per heavy atom. The Kier molecular flexibility index (Phi) is 7.06. The lowest BCUT2D eigenvalue weighted by Gasteiger charge is -2.31. The summed E-state index contributed by atoms with van der Waals surface area (Å²) < 4.78 is 5.62. The van der Waals surface area contributed by atoms with E-state index in [1.807, 2.05) is 9.80 Å². The number of likely N-dealkylation sites (tertiary alicyclic amines) is 1. The summed E-state index contributed by atoms with van der Waals surface area (Å²) in [6.45, 7) is 5.48. The van der Waals surface area contributed by atoms with Gasteiger partial charge in [-0.1, -0.05) is 0 Å². The maximum atomic E-state index is 13.6. The number of aryl methyl sites for hydroxylation is 2. The van der Waals surface area contributed by atoms with Crippen molar-refractivity contribution in [2.75, 3.05) is 50.8 Å². The smallest absolute Gasteiger partial charge is 0.265 e. The fraction of sp³-hybridized carbons (Fsp3) is 0.500. The number of hydrogen-bond acceptors (Lipinski definition) is 7. The van der Waals surface area contributed by atoms with Crippen molar-refractivity contribution in [1.82, 2.24) is 19.8 Å². The van der Waals surface area contributed by atoms with Crippen molar-refractivity contribution in [1.29, 1.82) is 0 Å². The van der Waals surface area contributed by atoms with Crippen molar-refractivity contribution in [2.24, 2.45) is 0 Å². The van der Waals surface area contributed by atoms with Crippen molar-refractivity contribution >= 4 is 39.9 Å². The molecule has 2 amide bonds. The van der Waals surface area contributed by atoms with Crippen LogP contribution in [0.5, 0.6) is 0 Å². The summed E-state index contributed by atoms with van der Waals surface area (Å²) in [6.07, 6.45) is 7.41. The average molecular weight is 520 g/mol. The molecule has 37 heavy (non-hydrogen) atoms. The zero-order chi connectivity index (χ0) is 25.2. The van der Waals surface area contributed by atoms with Crippen molar-refractivity contribution in [2.45, 2.75) is 45.1 Å². The van der Waals surface area contributed by atoms with Crippen LogP contribution in [0.2, 0.25) is 0 Å². The predicted molar refractivity (Wildman–Crippen MR) is 144 cm³/mol. The topological polar surface area (TPSA) is 78.9 Å². The van der Waals surface area contributed by atoms with Crippen LogP contribution < -0.4 is 4.90 Å². The van der Waals surface area contributed by atoms with Gasteiger partial charge in [-0.3, -0.25) is 14.6 Å². The highest BCUT2D eigenvalue weighted by atomic mass is 32.1. The van der Waals surface area contributed by atoms with E-state index in [1.165, 1.54) is 28.9 Å². The molecule has 2 aliphatic heterocycles. The minimum atomic E-state index is -0.0165. The van der Waals surface area contributed by atoms with Crippen LogP contribution in [0.4, 0.5) is 5.82 Å². The first-order valence-corrected chi connectivity index (χ1v) is 14.3. The van der Waals surface area contributed by atoms with Crippen LogP contribution in [-0.2, 0) is 28.9 Å². The van der Waals surface area contributed by atoms with E-state index in [0.717, 1.165) is 67.6 Å². The molecule has 1 aromatic carbocycles. The van der Waals surface area contributed by atoms with Gasteiger partial charge in [0.2, 0.25) is 5.91 Å². The number of nitrogens with zero attached hydrogens (tertiary/aromatic N) is 5. The molecular weight excluding hydrogens is 486 g/mol. The summed E-state index contributed by atoms with van der Waals surface area (Å²) in [6, 6.07) is 6.80. The molecule has 9 heteroatoms. The lowest BCUT2D eigenvalue weighted by atomic mass is 10.0. The van der Waals surface area contributed by atoms with Crippen molar-refractivity contribution in [3.63, 3.8) is 0 Å². The molecule has 0 unspecified atom stereocenters. The molecule has 0 saturated carbocycles. The van der Waals surface area contributed by atoms with Crippen LogP contribution in [0.1, 0.15) is 52.0 Å². The number of morpholine rings is 1. The maximum absolute atomic E-state index is 13.6. The average Bonchev–Trinajstić information content (AvgIpc) is 3.69. The van der Waals surface area contributed by atoms with Crippen LogP contribution in [0, 0.1) is 0 Å². The number of ether oxygens (including phenoxy) is 1. The minimum Gasteiger partial charge on any atom is -0.378 e. The van der Waals surface area contributed by atoms with Gasteiger partial charge < -0.3 is 19.4 Å². The molecule has 6 rings (SSSR count). The van der Waals surface area contributed by atoms with E-state index < -0.39 is 0 Å². The van der Waals surface area contributed by atoms with Gasteiger partial charge in [-0.05, 0) is 61.4 Å². The summed E-state index contributed by atoms with van der Waals surface area (Å²) >= 11 is 1.37. The number of amides is 2. The molecule has 3 aliphatic rings. The SMILES string of the molecule is O=C1CCCN1CCCN(Cc1cc2cc3c(cc2nc1N1CCOCC1)CCC3)C(=O)c1cncs1. The molecule has 8 nitrogen and oxygen atoms in total. The first kappa shape index (κ1) is 24.3. The molecule has 4 heterocycles. The van der Waals surface area contributed by atoms with Gasteiger partial charge in [-0.25, -0.2) is 4.98 Å². The lowest BCUT2D eigenvalue weighted by molar-refractivity contribution is -0.127. The summed E-state index contributed by atoms with van der Waals surface area (Å²) in [5.74, 6) is 1.16. The van der Waals surface area contributed by atoms with Crippen LogP contribution in [0.15, 0.2) is 29.9 Å². The molecule has 194 valence electrons. The fourth-order valence-electron chi connectivity index (χ4n) is 5.77. The van der Waals surface area contributed by atoms with Crippen molar-refractivity contribution in [3.05, 3.63) is 51.5 Å². The largest absolute Gasteiger partial charge is 0.378 e. The molecule has 0 bridgehead atoms. The Hall–Kier alpha value is -3.04. The molecular formula is C28H33N5O3S. The Labute approximate surface area is 221 Å². The Bertz CT molecular complexity index is 1290. The van der Waals surface area contributed by atoms with E-state index in [0.29, 0.717) is 44.1 Å². The van der Waals surface area contributed by atoms with Crippen LogP contribution in [0.25, 0.3) is 10.9 Å². The van der Waals surface area contributed by atoms with Gasteiger partial charge in [0, 0.05) is 56.6 Å². The Morgan fingerprint density at radius 1 is 1.05 bits per heavy atom. The number of anilines is 1. The van der Waals surface area contributed by atoms with Gasteiger partial charge in [-0.15, -0.1) is 11.3 Å². The van der Waals surface area contributed by atoms with Crippen LogP contribution in [0.3, 0.4) is 0 Å². The summed E-state index contributed by atoms with van der Waals surface area (Å²) in [5, 5.41) is 1.14. The Morgan fingerprint density at radius 3 is 2.65 bits per heavy atom. The van der Waals surface area contributed by atoms with Crippen molar-refractivity contribution < 1.29 is 14.3 Å². The third-order valence-corrected chi connectivity index (χ3v) is 8.48. The number of benzene rings is 1. The van der Waals surface area contributed by atoms with E-state index in [4.69, 9.17) is 9.72 Å². The minimum absolute atomic E-state index is 0.0165. The molecule has 0 spiro atoms. The van der Waals surface area contributed by atoms with Gasteiger partial charge in [0.1, 0.15) is 10.7 Å². The monoisotopic (exact) mass is 519 g/mol. The van der Waals surface area contributed by atoms with Gasteiger partial charge in [-0.2, -0.15) is 0 Å². The number of rotatable bonds is 8. The van der Waals surface area contributed by atoms with E-state index in [1.54, 1.807) is 11.7 Å². The second-order valence-electron chi connectivity index (χ2n) is 10.2.